The number of hydrogen-bond donors (Lipinski definition) is 3. The molecule has 1 aliphatic carbocycles. The molecule has 1 unspecified atom stereocenters. The minimum atomic E-state index is -0.980. The van der Waals surface area contributed by atoms with Crippen molar-refractivity contribution in [3.63, 3.8) is 0 Å². The van der Waals surface area contributed by atoms with Crippen molar-refractivity contribution in [2.45, 2.75) is 57.6 Å². The van der Waals surface area contributed by atoms with E-state index in [0.717, 1.165) is 80.2 Å². The van der Waals surface area contributed by atoms with E-state index in [2.05, 4.69) is 35.7 Å². The zero-order valence-corrected chi connectivity index (χ0v) is 32.5. The topological polar surface area (TPSA) is 175 Å². The van der Waals surface area contributed by atoms with Crippen LogP contribution in [0.3, 0.4) is 0 Å². The Balaban J connectivity index is 0.684. The highest BCUT2D eigenvalue weighted by Gasteiger charge is 2.48. The second kappa shape index (κ2) is 14.3. The van der Waals surface area contributed by atoms with E-state index in [-0.39, 0.29) is 29.9 Å². The van der Waals surface area contributed by atoms with Crippen molar-refractivity contribution in [2.24, 2.45) is 11.3 Å². The van der Waals surface area contributed by atoms with E-state index in [1.165, 1.54) is 12.3 Å². The highest BCUT2D eigenvalue weighted by molar-refractivity contribution is 6.23. The van der Waals surface area contributed by atoms with Crippen molar-refractivity contribution in [3.05, 3.63) is 71.3 Å². The zero-order valence-electron chi connectivity index (χ0n) is 32.5. The van der Waals surface area contributed by atoms with Gasteiger partial charge in [0.25, 0.3) is 11.8 Å². The van der Waals surface area contributed by atoms with Crippen LogP contribution < -0.4 is 25.6 Å². The van der Waals surface area contributed by atoms with Crippen LogP contribution in [0.1, 0.15) is 64.8 Å². The lowest BCUT2D eigenvalue weighted by atomic mass is 9.67. The first-order valence-corrected chi connectivity index (χ1v) is 20.3. The van der Waals surface area contributed by atoms with Crippen molar-refractivity contribution < 1.29 is 37.8 Å². The smallest absolute Gasteiger partial charge is 0.413 e. The number of hydrogen-bond acceptors (Lipinski definition) is 12. The van der Waals surface area contributed by atoms with Crippen LogP contribution in [0.5, 0.6) is 5.88 Å². The Kier molecular flexibility index (Phi) is 8.99. The number of nitrogens with one attached hydrogen (secondary N) is 3. The largest absolute Gasteiger partial charge is 0.474 e. The summed E-state index contributed by atoms with van der Waals surface area (Å²) in [4.78, 5) is 77.8. The first-order chi connectivity index (χ1) is 28.5. The fourth-order valence-corrected chi connectivity index (χ4v) is 9.80. The quantitative estimate of drug-likeness (QED) is 0.217. The van der Waals surface area contributed by atoms with Crippen molar-refractivity contribution in [3.8, 4) is 17.0 Å². The van der Waals surface area contributed by atoms with Crippen LogP contribution in [0.2, 0.25) is 0 Å². The number of pyridine rings is 2. The molecule has 2 aromatic carbocycles. The molecule has 1 saturated carbocycles. The Morgan fingerprint density at radius 1 is 0.949 bits per heavy atom. The number of amides is 5. The molecule has 15 nitrogen and oxygen atoms in total. The maximum atomic E-state index is 15.3. The molecule has 3 saturated heterocycles. The lowest BCUT2D eigenvalue weighted by Crippen LogP contribution is -2.62. The molecule has 3 N–H and O–H groups in total. The van der Waals surface area contributed by atoms with Gasteiger partial charge in [-0.1, -0.05) is 0 Å². The van der Waals surface area contributed by atoms with Gasteiger partial charge >= 0.3 is 6.09 Å². The van der Waals surface area contributed by atoms with Gasteiger partial charge < -0.3 is 24.6 Å². The van der Waals surface area contributed by atoms with Crippen LogP contribution in [0.4, 0.5) is 26.4 Å². The molecule has 5 aliphatic heterocycles. The number of halogens is 1. The molecule has 5 amide bonds. The third kappa shape index (κ3) is 6.68. The summed E-state index contributed by atoms with van der Waals surface area (Å²) >= 11 is 0. The number of rotatable bonds is 7. The summed E-state index contributed by atoms with van der Waals surface area (Å²) in [7, 11) is 0. The van der Waals surface area contributed by atoms with E-state index >= 15 is 4.39 Å². The molecular weight excluding hydrogens is 760 g/mol. The molecule has 59 heavy (non-hydrogen) atoms. The van der Waals surface area contributed by atoms with E-state index in [0.29, 0.717) is 58.2 Å². The number of carbonyl (C=O) groups is 5. The number of anilines is 3. The van der Waals surface area contributed by atoms with E-state index in [1.807, 2.05) is 13.0 Å². The molecule has 1 atom stereocenters. The summed E-state index contributed by atoms with van der Waals surface area (Å²) in [5.41, 5.74) is 4.35. The lowest BCUT2D eigenvalue weighted by Gasteiger charge is -2.55. The number of ether oxygens (including phenoxy) is 2. The Bertz CT molecular complexity index is 2460. The highest BCUT2D eigenvalue weighted by atomic mass is 19.1. The van der Waals surface area contributed by atoms with Crippen molar-refractivity contribution in [2.75, 3.05) is 61.4 Å². The number of likely N-dealkylation sites (tertiary alicyclic amines) is 1. The number of nitrogens with zero attached hydrogens (tertiary/aromatic N) is 5. The van der Waals surface area contributed by atoms with Crippen molar-refractivity contribution >= 4 is 57.7 Å². The Morgan fingerprint density at radius 2 is 1.75 bits per heavy atom. The molecule has 0 radical (unpaired) electrons. The van der Waals surface area contributed by atoms with Gasteiger partial charge in [-0.2, -0.15) is 0 Å². The molecular formula is C43H43FN8O7. The summed E-state index contributed by atoms with van der Waals surface area (Å²) in [5, 5.41) is 9.62. The average molecular weight is 803 g/mol. The molecule has 304 valence electrons. The van der Waals surface area contributed by atoms with Crippen molar-refractivity contribution in [1.29, 1.82) is 0 Å². The second-order valence-corrected chi connectivity index (χ2v) is 16.8. The maximum Gasteiger partial charge on any atom is 0.413 e. The Hall–Kier alpha value is -6.16. The highest BCUT2D eigenvalue weighted by Crippen LogP contribution is 2.45. The first kappa shape index (κ1) is 37.1. The SMILES string of the molecule is Cc1c(-c2cc3cc(NC(=O)OC4CCC5(CC4)CN(CC4CN(c6ccc7c(c6)C(=O)N(C6CCC(=O)NC6=O)C7=O)C4)C5)ncc3cc2F)cnc2c1NCCO2. The number of aromatic nitrogens is 2. The molecule has 4 aromatic rings. The van der Waals surface area contributed by atoms with E-state index < -0.39 is 41.6 Å². The molecule has 7 heterocycles. The molecule has 10 rings (SSSR count). The molecule has 6 aliphatic rings. The van der Waals surface area contributed by atoms with Crippen LogP contribution in [-0.4, -0.2) is 108 Å². The molecule has 16 heteroatoms. The molecule has 1 spiro atoms. The van der Waals surface area contributed by atoms with Crippen LogP contribution in [0.25, 0.3) is 21.9 Å². The number of piperidine rings is 1. The van der Waals surface area contributed by atoms with Gasteiger partial charge in [-0.25, -0.2) is 19.2 Å². The lowest BCUT2D eigenvalue weighted by molar-refractivity contribution is -0.136. The van der Waals surface area contributed by atoms with Gasteiger partial charge in [0.15, 0.2) is 0 Å². The van der Waals surface area contributed by atoms with E-state index in [1.54, 1.807) is 30.5 Å². The predicted octanol–water partition coefficient (Wildman–Crippen LogP) is 4.88. The van der Waals surface area contributed by atoms with Crippen LogP contribution in [0, 0.1) is 24.1 Å². The second-order valence-electron chi connectivity index (χ2n) is 16.8. The summed E-state index contributed by atoms with van der Waals surface area (Å²) in [5.74, 6) is -1.09. The Labute approximate surface area is 338 Å². The summed E-state index contributed by atoms with van der Waals surface area (Å²) < 4.78 is 26.8. The third-order valence-electron chi connectivity index (χ3n) is 12.9. The standard InChI is InChI=1S/C43H43FN8O7/c1-23-32(17-47-39-37(23)45-10-11-58-39)30-12-25-14-35(46-16-26(25)13-33(30)44)48-42(57)59-28-6-8-43(9-7-28)21-50(22-43)18-24-19-51(20-24)27-2-3-29-31(15-27)41(56)52(40(29)55)34-4-5-36(53)49-38(34)54/h2-3,12-17,24,28,34,45H,4-11,18-22H2,1H3,(H,46,48,57)(H,49,53,54). The van der Waals surface area contributed by atoms with Gasteiger partial charge in [-0.15, -0.1) is 0 Å². The Morgan fingerprint density at radius 3 is 2.54 bits per heavy atom. The summed E-state index contributed by atoms with van der Waals surface area (Å²) in [6.07, 6.45) is 6.19. The minimum absolute atomic E-state index is 0.0843. The fraction of sp³-hybridized carbons (Fsp3) is 0.419. The molecule has 0 bridgehead atoms. The normalized spacial score (nSPS) is 21.6. The maximum absolute atomic E-state index is 15.3. The number of benzene rings is 2. The predicted molar refractivity (Wildman–Crippen MR) is 214 cm³/mol. The van der Waals surface area contributed by atoms with Crippen molar-refractivity contribution in [1.82, 2.24) is 25.1 Å². The van der Waals surface area contributed by atoms with Crippen LogP contribution in [-0.2, 0) is 14.3 Å². The van der Waals surface area contributed by atoms with Gasteiger partial charge in [0, 0.05) is 86.2 Å². The van der Waals surface area contributed by atoms with E-state index in [4.69, 9.17) is 9.47 Å². The minimum Gasteiger partial charge on any atom is -0.474 e. The summed E-state index contributed by atoms with van der Waals surface area (Å²) in [6, 6.07) is 9.19. The fourth-order valence-electron chi connectivity index (χ4n) is 9.80. The molecule has 4 fully saturated rings. The van der Waals surface area contributed by atoms with Gasteiger partial charge in [0.1, 0.15) is 36.1 Å². The van der Waals surface area contributed by atoms with Gasteiger partial charge in [-0.3, -0.25) is 34.7 Å². The zero-order chi connectivity index (χ0) is 40.6. The number of carbonyl (C=O) groups excluding carboxylic acids is 5. The monoisotopic (exact) mass is 802 g/mol. The van der Waals surface area contributed by atoms with Gasteiger partial charge in [0.2, 0.25) is 17.7 Å². The van der Waals surface area contributed by atoms with Crippen LogP contribution >= 0.6 is 0 Å². The van der Waals surface area contributed by atoms with Gasteiger partial charge in [-0.05, 0) is 91.8 Å². The number of imide groups is 2. The van der Waals surface area contributed by atoms with Crippen LogP contribution in [0.15, 0.2) is 48.8 Å². The van der Waals surface area contributed by atoms with Gasteiger partial charge in [0.05, 0.1) is 11.1 Å². The average Bonchev–Trinajstić information content (AvgIpc) is 3.44. The van der Waals surface area contributed by atoms with E-state index in [9.17, 15) is 24.0 Å². The molecule has 2 aromatic heterocycles. The summed E-state index contributed by atoms with van der Waals surface area (Å²) in [6.45, 7) is 7.78. The third-order valence-corrected chi connectivity index (χ3v) is 12.9. The first-order valence-electron chi connectivity index (χ1n) is 20.3. The number of fused-ring (bicyclic) bond motifs is 3.